The average Bonchev–Trinajstić information content (AvgIpc) is 2.62. The molecule has 0 N–H and O–H groups in total. The molecular weight excluding hydrogens is 336 g/mol. The summed E-state index contributed by atoms with van der Waals surface area (Å²) in [5, 5.41) is 0. The van der Waals surface area contributed by atoms with Crippen molar-refractivity contribution in [1.82, 2.24) is 4.31 Å². The Kier molecular flexibility index (Phi) is 5.13. The van der Waals surface area contributed by atoms with Crippen molar-refractivity contribution in [2.75, 3.05) is 38.7 Å². The van der Waals surface area contributed by atoms with Crippen LogP contribution in [0.3, 0.4) is 0 Å². The van der Waals surface area contributed by atoms with E-state index in [4.69, 9.17) is 4.74 Å². The molecular formula is C19H24N2O3S. The molecule has 0 bridgehead atoms. The monoisotopic (exact) mass is 360 g/mol. The summed E-state index contributed by atoms with van der Waals surface area (Å²) in [6.45, 7) is 2.93. The Hall–Kier alpha value is -1.89. The first-order valence-corrected chi connectivity index (χ1v) is 9.78. The normalized spacial score (nSPS) is 18.9. The quantitative estimate of drug-likeness (QED) is 0.841. The number of hydrogen-bond acceptors (Lipinski definition) is 4. The molecule has 2 aromatic rings. The summed E-state index contributed by atoms with van der Waals surface area (Å²) in [6, 6.07) is 15.2. The summed E-state index contributed by atoms with van der Waals surface area (Å²) in [7, 11) is 0.467. The molecule has 1 saturated heterocycles. The Morgan fingerprint density at radius 1 is 1.08 bits per heavy atom. The lowest BCUT2D eigenvalue weighted by atomic mass is 10.1. The van der Waals surface area contributed by atoms with Crippen LogP contribution in [0.25, 0.3) is 0 Å². The zero-order valence-electron chi connectivity index (χ0n) is 14.8. The van der Waals surface area contributed by atoms with Gasteiger partial charge in [-0.3, -0.25) is 0 Å². The van der Waals surface area contributed by atoms with Gasteiger partial charge in [0.25, 0.3) is 0 Å². The van der Waals surface area contributed by atoms with Gasteiger partial charge in [-0.25, -0.2) is 8.42 Å². The molecule has 5 nitrogen and oxygen atoms in total. The minimum Gasteiger partial charge on any atom is -0.378 e. The molecule has 6 heteroatoms. The lowest BCUT2D eigenvalue weighted by Gasteiger charge is -2.32. The van der Waals surface area contributed by atoms with Crippen LogP contribution in [0.15, 0.2) is 53.4 Å². The van der Waals surface area contributed by atoms with Crippen molar-refractivity contribution >= 4 is 15.7 Å². The number of sulfonamides is 1. The van der Waals surface area contributed by atoms with Crippen molar-refractivity contribution in [2.24, 2.45) is 0 Å². The number of nitrogens with zero attached hydrogens (tertiary/aromatic N) is 2. The van der Waals surface area contributed by atoms with Crippen molar-refractivity contribution in [3.05, 3.63) is 59.7 Å². The SMILES string of the molecule is Cc1ccccc1S(=O)(=O)N1CCOC(c2ccc(N(C)C)cc2)C1. The summed E-state index contributed by atoms with van der Waals surface area (Å²) in [6.07, 6.45) is -0.247. The first-order valence-electron chi connectivity index (χ1n) is 8.34. The maximum absolute atomic E-state index is 13.0. The third-order valence-electron chi connectivity index (χ3n) is 4.52. The van der Waals surface area contributed by atoms with Crippen molar-refractivity contribution in [2.45, 2.75) is 17.9 Å². The maximum atomic E-state index is 13.0. The van der Waals surface area contributed by atoms with Crippen molar-refractivity contribution in [3.63, 3.8) is 0 Å². The molecule has 1 aliphatic rings. The molecule has 1 fully saturated rings. The molecule has 1 atom stereocenters. The van der Waals surface area contributed by atoms with E-state index in [9.17, 15) is 8.42 Å². The van der Waals surface area contributed by atoms with Gasteiger partial charge in [-0.15, -0.1) is 0 Å². The van der Waals surface area contributed by atoms with Crippen LogP contribution in [-0.4, -0.2) is 46.5 Å². The van der Waals surface area contributed by atoms with Crippen LogP contribution < -0.4 is 4.90 Å². The lowest BCUT2D eigenvalue weighted by Crippen LogP contribution is -2.42. The maximum Gasteiger partial charge on any atom is 0.243 e. The van der Waals surface area contributed by atoms with Crippen molar-refractivity contribution in [1.29, 1.82) is 0 Å². The largest absolute Gasteiger partial charge is 0.378 e. The van der Waals surface area contributed by atoms with E-state index in [0.29, 0.717) is 24.6 Å². The smallest absolute Gasteiger partial charge is 0.243 e. The second-order valence-electron chi connectivity index (χ2n) is 6.47. The molecule has 0 spiro atoms. The highest BCUT2D eigenvalue weighted by atomic mass is 32.2. The van der Waals surface area contributed by atoms with Crippen LogP contribution in [0, 0.1) is 6.92 Å². The van der Waals surface area contributed by atoms with Crippen molar-refractivity contribution in [3.8, 4) is 0 Å². The highest BCUT2D eigenvalue weighted by Gasteiger charge is 2.32. The fourth-order valence-corrected chi connectivity index (χ4v) is 4.67. The van der Waals surface area contributed by atoms with Gasteiger partial charge in [-0.05, 0) is 36.2 Å². The Morgan fingerprint density at radius 3 is 2.40 bits per heavy atom. The second-order valence-corrected chi connectivity index (χ2v) is 8.38. The van der Waals surface area contributed by atoms with Crippen LogP contribution in [0.2, 0.25) is 0 Å². The molecule has 134 valence electrons. The van der Waals surface area contributed by atoms with Gasteiger partial charge >= 0.3 is 0 Å². The molecule has 0 saturated carbocycles. The summed E-state index contributed by atoms with van der Waals surface area (Å²) in [4.78, 5) is 2.40. The molecule has 1 heterocycles. The lowest BCUT2D eigenvalue weighted by molar-refractivity contribution is -0.00255. The van der Waals surface area contributed by atoms with Crippen LogP contribution in [-0.2, 0) is 14.8 Å². The number of benzene rings is 2. The van der Waals surface area contributed by atoms with Gasteiger partial charge in [-0.2, -0.15) is 4.31 Å². The first-order chi connectivity index (χ1) is 11.9. The van der Waals surface area contributed by atoms with Crippen LogP contribution in [0.5, 0.6) is 0 Å². The zero-order chi connectivity index (χ0) is 18.0. The molecule has 1 unspecified atom stereocenters. The Balaban J connectivity index is 1.82. The number of anilines is 1. The van der Waals surface area contributed by atoms with Gasteiger partial charge in [0.2, 0.25) is 10.0 Å². The molecule has 2 aromatic carbocycles. The summed E-state index contributed by atoms with van der Waals surface area (Å²) >= 11 is 0. The number of morpholine rings is 1. The molecule has 1 aliphatic heterocycles. The van der Waals surface area contributed by atoms with Gasteiger partial charge in [-0.1, -0.05) is 30.3 Å². The predicted octanol–water partition coefficient (Wildman–Crippen LogP) is 2.82. The van der Waals surface area contributed by atoms with E-state index in [-0.39, 0.29) is 6.10 Å². The summed E-state index contributed by atoms with van der Waals surface area (Å²) in [5.74, 6) is 0. The van der Waals surface area contributed by atoms with E-state index in [1.807, 2.05) is 62.3 Å². The highest BCUT2D eigenvalue weighted by Crippen LogP contribution is 2.28. The Labute approximate surface area is 149 Å². The van der Waals surface area contributed by atoms with E-state index in [0.717, 1.165) is 16.8 Å². The van der Waals surface area contributed by atoms with Gasteiger partial charge < -0.3 is 9.64 Å². The first kappa shape index (κ1) is 17.9. The topological polar surface area (TPSA) is 49.9 Å². The van der Waals surface area contributed by atoms with Crippen LogP contribution in [0.4, 0.5) is 5.69 Å². The summed E-state index contributed by atoms with van der Waals surface area (Å²) < 4.78 is 33.4. The fraction of sp³-hybridized carbons (Fsp3) is 0.368. The molecule has 0 amide bonds. The van der Waals surface area contributed by atoms with Crippen LogP contribution in [0.1, 0.15) is 17.2 Å². The number of hydrogen-bond donors (Lipinski definition) is 0. The van der Waals surface area contributed by atoms with E-state index >= 15 is 0 Å². The highest BCUT2D eigenvalue weighted by molar-refractivity contribution is 7.89. The van der Waals surface area contributed by atoms with E-state index in [1.54, 1.807) is 12.1 Å². The van der Waals surface area contributed by atoms with E-state index < -0.39 is 10.0 Å². The third kappa shape index (κ3) is 3.71. The summed E-state index contributed by atoms with van der Waals surface area (Å²) in [5.41, 5.74) is 2.86. The average molecular weight is 360 g/mol. The Bertz CT molecular complexity index is 832. The van der Waals surface area contributed by atoms with Crippen molar-refractivity contribution < 1.29 is 13.2 Å². The van der Waals surface area contributed by atoms with Crippen LogP contribution >= 0.6 is 0 Å². The molecule has 0 aromatic heterocycles. The molecule has 3 rings (SSSR count). The fourth-order valence-electron chi connectivity index (χ4n) is 3.02. The molecule has 0 aliphatic carbocycles. The predicted molar refractivity (Wildman–Crippen MR) is 99.4 cm³/mol. The minimum absolute atomic E-state index is 0.247. The van der Waals surface area contributed by atoms with Gasteiger partial charge in [0.15, 0.2) is 0 Å². The number of aryl methyl sites for hydroxylation is 1. The van der Waals surface area contributed by atoms with Gasteiger partial charge in [0.1, 0.15) is 0 Å². The molecule has 25 heavy (non-hydrogen) atoms. The molecule has 0 radical (unpaired) electrons. The second kappa shape index (κ2) is 7.15. The number of rotatable bonds is 4. The van der Waals surface area contributed by atoms with E-state index in [2.05, 4.69) is 0 Å². The van der Waals surface area contributed by atoms with E-state index in [1.165, 1.54) is 4.31 Å². The number of ether oxygens (including phenoxy) is 1. The van der Waals surface area contributed by atoms with Gasteiger partial charge in [0.05, 0.1) is 17.6 Å². The third-order valence-corrected chi connectivity index (χ3v) is 6.55. The Morgan fingerprint density at radius 2 is 1.76 bits per heavy atom. The van der Waals surface area contributed by atoms with Gasteiger partial charge in [0, 0.05) is 32.9 Å². The standard InChI is InChI=1S/C19H24N2O3S/c1-15-6-4-5-7-19(15)25(22,23)21-12-13-24-18(14-21)16-8-10-17(11-9-16)20(2)3/h4-11,18H,12-14H2,1-3H3. The minimum atomic E-state index is -3.51. The zero-order valence-corrected chi connectivity index (χ0v) is 15.7.